The summed E-state index contributed by atoms with van der Waals surface area (Å²) in [6.07, 6.45) is 9.98. The average molecular weight is 285 g/mol. The van der Waals surface area contributed by atoms with E-state index < -0.39 is 0 Å². The zero-order chi connectivity index (χ0) is 14.5. The number of benzene rings is 1. The fourth-order valence-electron chi connectivity index (χ4n) is 3.12. The van der Waals surface area contributed by atoms with Crippen molar-refractivity contribution in [3.63, 3.8) is 0 Å². The summed E-state index contributed by atoms with van der Waals surface area (Å²) in [6, 6.07) is 6.36. The summed E-state index contributed by atoms with van der Waals surface area (Å²) in [5.41, 5.74) is 3.39. The minimum Gasteiger partial charge on any atom is -0.385 e. The fraction of sp³-hybridized carbons (Fsp3) is 0.562. The molecule has 3 rings (SSSR count). The highest BCUT2D eigenvalue weighted by molar-refractivity contribution is 5.53. The van der Waals surface area contributed by atoms with Crippen LogP contribution in [0.25, 0.3) is 5.69 Å². The van der Waals surface area contributed by atoms with Gasteiger partial charge < -0.3 is 5.32 Å². The maximum atomic E-state index is 3.94. The lowest BCUT2D eigenvalue weighted by Crippen LogP contribution is -2.13. The Labute approximate surface area is 125 Å². The third-order valence-corrected chi connectivity index (χ3v) is 4.36. The Morgan fingerprint density at radius 3 is 2.67 bits per heavy atom. The van der Waals surface area contributed by atoms with E-state index in [0.717, 1.165) is 18.2 Å². The minimum absolute atomic E-state index is 0.826. The molecule has 1 heterocycles. The summed E-state index contributed by atoms with van der Waals surface area (Å²) >= 11 is 0. The van der Waals surface area contributed by atoms with Gasteiger partial charge in [0.1, 0.15) is 6.33 Å². The van der Waals surface area contributed by atoms with Gasteiger partial charge in [-0.05, 0) is 59.9 Å². The molecule has 0 atom stereocenters. The second-order valence-corrected chi connectivity index (χ2v) is 5.99. The van der Waals surface area contributed by atoms with Gasteiger partial charge in [0.2, 0.25) is 0 Å². The first-order chi connectivity index (χ1) is 10.3. The van der Waals surface area contributed by atoms with Crippen molar-refractivity contribution in [2.24, 2.45) is 5.92 Å². The van der Waals surface area contributed by atoms with Crippen molar-refractivity contribution < 1.29 is 0 Å². The topological polar surface area (TPSA) is 55.6 Å². The number of tetrazole rings is 1. The summed E-state index contributed by atoms with van der Waals surface area (Å²) in [5.74, 6) is 0.826. The van der Waals surface area contributed by atoms with E-state index in [2.05, 4.69) is 46.0 Å². The number of rotatable bonds is 4. The van der Waals surface area contributed by atoms with E-state index in [-0.39, 0.29) is 0 Å². The number of hydrogen-bond acceptors (Lipinski definition) is 4. The lowest BCUT2D eigenvalue weighted by atomic mass is 10.0. The molecule has 0 unspecified atom stereocenters. The molecule has 1 aliphatic rings. The van der Waals surface area contributed by atoms with Crippen LogP contribution in [-0.2, 0) is 0 Å². The van der Waals surface area contributed by atoms with Gasteiger partial charge in [0.15, 0.2) is 0 Å². The molecule has 0 amide bonds. The Bertz CT molecular complexity index is 556. The van der Waals surface area contributed by atoms with Crippen LogP contribution in [0, 0.1) is 12.8 Å². The van der Waals surface area contributed by atoms with Gasteiger partial charge in [-0.3, -0.25) is 0 Å². The van der Waals surface area contributed by atoms with E-state index in [9.17, 15) is 0 Å². The molecule has 5 nitrogen and oxygen atoms in total. The maximum absolute atomic E-state index is 3.94. The van der Waals surface area contributed by atoms with Crippen LogP contribution in [0.3, 0.4) is 0 Å². The van der Waals surface area contributed by atoms with Crippen LogP contribution in [0.5, 0.6) is 0 Å². The highest BCUT2D eigenvalue weighted by Crippen LogP contribution is 2.24. The Hall–Kier alpha value is -1.91. The SMILES string of the molecule is Cc1cc(NCC2CCCCCC2)ccc1-n1cnnn1. The molecular formula is C16H23N5. The Kier molecular flexibility index (Phi) is 4.48. The quantitative estimate of drug-likeness (QED) is 0.875. The van der Waals surface area contributed by atoms with Crippen molar-refractivity contribution >= 4 is 5.69 Å². The van der Waals surface area contributed by atoms with Crippen molar-refractivity contribution in [3.8, 4) is 5.69 Å². The predicted molar refractivity (Wildman–Crippen MR) is 83.6 cm³/mol. The van der Waals surface area contributed by atoms with Crippen LogP contribution in [0.4, 0.5) is 5.69 Å². The second kappa shape index (κ2) is 6.70. The van der Waals surface area contributed by atoms with E-state index in [1.54, 1.807) is 11.0 Å². The first kappa shape index (κ1) is 14.0. The van der Waals surface area contributed by atoms with Crippen molar-refractivity contribution in [1.29, 1.82) is 0 Å². The lowest BCUT2D eigenvalue weighted by Gasteiger charge is -2.16. The van der Waals surface area contributed by atoms with E-state index in [0.29, 0.717) is 0 Å². The third-order valence-electron chi connectivity index (χ3n) is 4.36. The number of aromatic nitrogens is 4. The normalized spacial score (nSPS) is 16.6. The van der Waals surface area contributed by atoms with Crippen LogP contribution in [0.15, 0.2) is 24.5 Å². The van der Waals surface area contributed by atoms with Crippen LogP contribution in [0.2, 0.25) is 0 Å². The van der Waals surface area contributed by atoms with E-state index in [4.69, 9.17) is 0 Å². The maximum Gasteiger partial charge on any atom is 0.143 e. The van der Waals surface area contributed by atoms with E-state index in [1.807, 2.05) is 0 Å². The Morgan fingerprint density at radius 2 is 2.00 bits per heavy atom. The standard InChI is InChI=1S/C16H23N5/c1-13-10-15(8-9-16(13)21-12-18-19-20-21)17-11-14-6-4-2-3-5-7-14/h8-10,12,14,17H,2-7,11H2,1H3. The molecule has 112 valence electrons. The highest BCUT2D eigenvalue weighted by Gasteiger charge is 2.12. The smallest absolute Gasteiger partial charge is 0.143 e. The molecule has 1 aromatic heterocycles. The summed E-state index contributed by atoms with van der Waals surface area (Å²) < 4.78 is 1.70. The monoisotopic (exact) mass is 285 g/mol. The molecule has 0 spiro atoms. The molecule has 0 aliphatic heterocycles. The van der Waals surface area contributed by atoms with Gasteiger partial charge in [0.25, 0.3) is 0 Å². The van der Waals surface area contributed by atoms with Crippen LogP contribution in [0.1, 0.15) is 44.1 Å². The molecule has 21 heavy (non-hydrogen) atoms. The van der Waals surface area contributed by atoms with Gasteiger partial charge in [-0.2, -0.15) is 0 Å². The first-order valence-corrected chi connectivity index (χ1v) is 7.91. The van der Waals surface area contributed by atoms with Gasteiger partial charge in [-0.1, -0.05) is 25.7 Å². The van der Waals surface area contributed by atoms with Gasteiger partial charge in [0.05, 0.1) is 5.69 Å². The van der Waals surface area contributed by atoms with E-state index in [1.165, 1.54) is 49.8 Å². The number of anilines is 1. The second-order valence-electron chi connectivity index (χ2n) is 5.99. The van der Waals surface area contributed by atoms with Gasteiger partial charge >= 0.3 is 0 Å². The van der Waals surface area contributed by atoms with Crippen LogP contribution >= 0.6 is 0 Å². The molecule has 1 fully saturated rings. The van der Waals surface area contributed by atoms with Gasteiger partial charge in [-0.25, -0.2) is 4.68 Å². The number of aryl methyl sites for hydroxylation is 1. The fourth-order valence-corrected chi connectivity index (χ4v) is 3.12. The molecule has 0 bridgehead atoms. The first-order valence-electron chi connectivity index (χ1n) is 7.91. The highest BCUT2D eigenvalue weighted by atomic mass is 15.5. The largest absolute Gasteiger partial charge is 0.385 e. The third kappa shape index (κ3) is 3.60. The van der Waals surface area contributed by atoms with Crippen molar-refractivity contribution in [3.05, 3.63) is 30.1 Å². The van der Waals surface area contributed by atoms with Gasteiger partial charge in [0, 0.05) is 12.2 Å². The molecule has 2 aromatic rings. The molecule has 1 aliphatic carbocycles. The summed E-state index contributed by atoms with van der Waals surface area (Å²) in [4.78, 5) is 0. The number of nitrogens with one attached hydrogen (secondary N) is 1. The summed E-state index contributed by atoms with van der Waals surface area (Å²) in [5, 5.41) is 14.9. The average Bonchev–Trinajstić information content (AvgIpc) is 2.89. The van der Waals surface area contributed by atoms with Crippen molar-refractivity contribution in [2.45, 2.75) is 45.4 Å². The summed E-state index contributed by atoms with van der Waals surface area (Å²) in [6.45, 7) is 3.18. The molecule has 0 saturated heterocycles. The van der Waals surface area contributed by atoms with Crippen LogP contribution < -0.4 is 5.32 Å². The molecule has 5 heteroatoms. The van der Waals surface area contributed by atoms with Crippen LogP contribution in [-0.4, -0.2) is 26.8 Å². The Balaban J connectivity index is 1.62. The van der Waals surface area contributed by atoms with E-state index >= 15 is 0 Å². The predicted octanol–water partition coefficient (Wildman–Crippen LogP) is 3.35. The number of hydrogen-bond donors (Lipinski definition) is 1. The van der Waals surface area contributed by atoms with Crippen molar-refractivity contribution in [2.75, 3.05) is 11.9 Å². The lowest BCUT2D eigenvalue weighted by molar-refractivity contribution is 0.483. The summed E-state index contributed by atoms with van der Waals surface area (Å²) in [7, 11) is 0. The zero-order valence-electron chi connectivity index (χ0n) is 12.6. The molecular weight excluding hydrogens is 262 g/mol. The minimum atomic E-state index is 0.826. The number of nitrogens with zero attached hydrogens (tertiary/aromatic N) is 4. The molecule has 1 N–H and O–H groups in total. The van der Waals surface area contributed by atoms with Gasteiger partial charge in [-0.15, -0.1) is 5.10 Å². The zero-order valence-corrected chi connectivity index (χ0v) is 12.6. The molecule has 0 radical (unpaired) electrons. The van der Waals surface area contributed by atoms with Crippen molar-refractivity contribution in [1.82, 2.24) is 20.2 Å². The molecule has 1 aromatic carbocycles. The Morgan fingerprint density at radius 1 is 1.19 bits per heavy atom. The molecule has 1 saturated carbocycles.